The van der Waals surface area contributed by atoms with E-state index in [-0.39, 0.29) is 34.8 Å². The highest BCUT2D eigenvalue weighted by atomic mass is 19.3. The fourth-order valence-electron chi connectivity index (χ4n) is 3.64. The summed E-state index contributed by atoms with van der Waals surface area (Å²) in [5.74, 6) is 0.557. The second kappa shape index (κ2) is 6.54. The van der Waals surface area contributed by atoms with E-state index in [1.807, 2.05) is 24.3 Å². The Bertz CT molecular complexity index is 1060. The van der Waals surface area contributed by atoms with Crippen LogP contribution >= 0.6 is 0 Å². The number of para-hydroxylation sites is 1. The topological polar surface area (TPSA) is 68.5 Å². The molecule has 1 aromatic carbocycles. The number of ether oxygens (including phenoxy) is 1. The number of amides is 1. The van der Waals surface area contributed by atoms with Gasteiger partial charge in [0, 0.05) is 23.6 Å². The summed E-state index contributed by atoms with van der Waals surface area (Å²) in [6.07, 6.45) is 1.11. The van der Waals surface area contributed by atoms with Gasteiger partial charge in [-0.1, -0.05) is 18.2 Å². The number of fused-ring (bicyclic) bond motifs is 2. The van der Waals surface area contributed by atoms with Gasteiger partial charge >= 0.3 is 0 Å². The van der Waals surface area contributed by atoms with E-state index in [0.717, 1.165) is 28.7 Å². The highest BCUT2D eigenvalue weighted by molar-refractivity contribution is 6.00. The van der Waals surface area contributed by atoms with E-state index < -0.39 is 6.43 Å². The highest BCUT2D eigenvalue weighted by Gasteiger charge is 2.30. The number of hydrogen-bond acceptors (Lipinski definition) is 4. The van der Waals surface area contributed by atoms with Gasteiger partial charge < -0.3 is 10.1 Å². The van der Waals surface area contributed by atoms with Crippen molar-refractivity contribution in [3.8, 4) is 5.75 Å². The molecular formula is C20H18F2N4O2. The summed E-state index contributed by atoms with van der Waals surface area (Å²) in [5, 5.41) is 6.99. The maximum atomic E-state index is 13.5. The second-order valence-electron chi connectivity index (χ2n) is 7.18. The molecule has 0 unspecified atom stereocenters. The number of rotatable bonds is 4. The zero-order valence-corrected chi connectivity index (χ0v) is 14.9. The van der Waals surface area contributed by atoms with Crippen molar-refractivity contribution in [2.45, 2.75) is 37.6 Å². The Kier molecular flexibility index (Phi) is 3.99. The maximum absolute atomic E-state index is 13.5. The molecule has 1 aliphatic heterocycles. The predicted octanol–water partition coefficient (Wildman–Crippen LogP) is 3.80. The lowest BCUT2D eigenvalue weighted by atomic mass is 10.0. The van der Waals surface area contributed by atoms with E-state index in [9.17, 15) is 13.6 Å². The zero-order chi connectivity index (χ0) is 19.3. The number of nitrogens with one attached hydrogen (secondary N) is 1. The van der Waals surface area contributed by atoms with Crippen molar-refractivity contribution in [3.63, 3.8) is 0 Å². The van der Waals surface area contributed by atoms with Gasteiger partial charge in [-0.3, -0.25) is 4.79 Å². The molecule has 2 aromatic heterocycles. The first-order valence-electron chi connectivity index (χ1n) is 9.31. The van der Waals surface area contributed by atoms with Gasteiger partial charge in [-0.05, 0) is 25.0 Å². The summed E-state index contributed by atoms with van der Waals surface area (Å²) in [5.41, 5.74) is 1.65. The maximum Gasteiger partial charge on any atom is 0.280 e. The Morgan fingerprint density at radius 3 is 2.86 bits per heavy atom. The molecule has 0 spiro atoms. The van der Waals surface area contributed by atoms with Crippen LogP contribution in [0.15, 0.2) is 36.5 Å². The number of aromatic nitrogens is 3. The SMILES string of the molecule is O=C(N[C@@H]1CCOc2ccccc21)c1cnn2c(C(F)F)cc(C3CC3)nc12. The van der Waals surface area contributed by atoms with Gasteiger partial charge in [0.2, 0.25) is 0 Å². The van der Waals surface area contributed by atoms with Crippen LogP contribution in [0.1, 0.15) is 65.0 Å². The van der Waals surface area contributed by atoms with Gasteiger partial charge in [0.15, 0.2) is 5.65 Å². The number of alkyl halides is 2. The molecule has 8 heteroatoms. The number of nitrogens with zero attached hydrogens (tertiary/aromatic N) is 3. The van der Waals surface area contributed by atoms with Gasteiger partial charge in [0.25, 0.3) is 12.3 Å². The first-order chi connectivity index (χ1) is 13.6. The molecule has 3 heterocycles. The van der Waals surface area contributed by atoms with Crippen LogP contribution in [0.3, 0.4) is 0 Å². The monoisotopic (exact) mass is 384 g/mol. The minimum atomic E-state index is -2.69. The summed E-state index contributed by atoms with van der Waals surface area (Å²) >= 11 is 0. The van der Waals surface area contributed by atoms with Crippen molar-refractivity contribution < 1.29 is 18.3 Å². The standard InChI is InChI=1S/C20H18F2N4O2/c21-18(22)16-9-15(11-5-6-11)24-19-13(10-23-26(16)19)20(27)25-14-7-8-28-17-4-2-1-3-12(14)17/h1-4,9-11,14,18H,5-8H2,(H,25,27)/t14-/m1/s1. The fourth-order valence-corrected chi connectivity index (χ4v) is 3.64. The van der Waals surface area contributed by atoms with Crippen molar-refractivity contribution >= 4 is 11.6 Å². The van der Waals surface area contributed by atoms with Gasteiger partial charge in [-0.15, -0.1) is 0 Å². The lowest BCUT2D eigenvalue weighted by molar-refractivity contribution is 0.0926. The van der Waals surface area contributed by atoms with Gasteiger partial charge in [0.1, 0.15) is 17.0 Å². The molecule has 1 atom stereocenters. The van der Waals surface area contributed by atoms with Gasteiger partial charge in [0.05, 0.1) is 18.8 Å². The molecule has 1 aliphatic carbocycles. The molecule has 0 saturated heterocycles. The normalized spacial score (nSPS) is 18.8. The molecule has 144 valence electrons. The van der Waals surface area contributed by atoms with E-state index >= 15 is 0 Å². The number of hydrogen-bond donors (Lipinski definition) is 1. The molecule has 28 heavy (non-hydrogen) atoms. The number of carbonyl (C=O) groups excluding carboxylic acids is 1. The average Bonchev–Trinajstić information content (AvgIpc) is 3.46. The van der Waals surface area contributed by atoms with Crippen LogP contribution in [0, 0.1) is 0 Å². The molecule has 3 aromatic rings. The Morgan fingerprint density at radius 2 is 2.07 bits per heavy atom. The molecule has 1 fully saturated rings. The summed E-state index contributed by atoms with van der Waals surface area (Å²) in [6.45, 7) is 0.496. The fraction of sp³-hybridized carbons (Fsp3) is 0.350. The van der Waals surface area contributed by atoms with Crippen LogP contribution in [-0.2, 0) is 0 Å². The van der Waals surface area contributed by atoms with Crippen molar-refractivity contribution in [1.82, 2.24) is 19.9 Å². The Morgan fingerprint density at radius 1 is 1.25 bits per heavy atom. The minimum absolute atomic E-state index is 0.178. The van der Waals surface area contributed by atoms with Gasteiger partial charge in [-0.25, -0.2) is 18.3 Å². The van der Waals surface area contributed by atoms with Gasteiger partial charge in [-0.2, -0.15) is 5.10 Å². The molecule has 0 bridgehead atoms. The van der Waals surface area contributed by atoms with Crippen LogP contribution in [0.5, 0.6) is 5.75 Å². The molecule has 5 rings (SSSR count). The summed E-state index contributed by atoms with van der Waals surface area (Å²) < 4.78 is 33.7. The first-order valence-corrected chi connectivity index (χ1v) is 9.31. The Labute approximate surface area is 159 Å². The van der Waals surface area contributed by atoms with Crippen LogP contribution in [0.4, 0.5) is 8.78 Å². The van der Waals surface area contributed by atoms with E-state index in [1.165, 1.54) is 12.3 Å². The molecule has 0 radical (unpaired) electrons. The molecule has 1 amide bonds. The Balaban J connectivity index is 1.50. The molecule has 6 nitrogen and oxygen atoms in total. The Hall–Kier alpha value is -3.03. The number of carbonyl (C=O) groups is 1. The van der Waals surface area contributed by atoms with Crippen LogP contribution in [0.2, 0.25) is 0 Å². The van der Waals surface area contributed by atoms with Crippen molar-refractivity contribution in [2.75, 3.05) is 6.61 Å². The second-order valence-corrected chi connectivity index (χ2v) is 7.18. The third-order valence-electron chi connectivity index (χ3n) is 5.25. The van der Waals surface area contributed by atoms with Crippen molar-refractivity contribution in [2.24, 2.45) is 0 Å². The first kappa shape index (κ1) is 17.1. The van der Waals surface area contributed by atoms with Crippen LogP contribution < -0.4 is 10.1 Å². The highest BCUT2D eigenvalue weighted by Crippen LogP contribution is 2.40. The molecule has 1 N–H and O–H groups in total. The van der Waals surface area contributed by atoms with Crippen LogP contribution in [0.25, 0.3) is 5.65 Å². The number of benzene rings is 1. The summed E-state index contributed by atoms with van der Waals surface area (Å²) in [4.78, 5) is 17.4. The van der Waals surface area contributed by atoms with E-state index in [1.54, 1.807) is 0 Å². The van der Waals surface area contributed by atoms with Crippen LogP contribution in [-0.4, -0.2) is 27.1 Å². The molecular weight excluding hydrogens is 366 g/mol. The summed E-state index contributed by atoms with van der Waals surface area (Å²) in [6, 6.07) is 8.73. The minimum Gasteiger partial charge on any atom is -0.493 e. The third-order valence-corrected chi connectivity index (χ3v) is 5.25. The van der Waals surface area contributed by atoms with Crippen molar-refractivity contribution in [3.05, 3.63) is 59.0 Å². The number of halogens is 2. The molecule has 2 aliphatic rings. The zero-order valence-electron chi connectivity index (χ0n) is 14.9. The van der Waals surface area contributed by atoms with E-state index in [2.05, 4.69) is 15.4 Å². The lowest BCUT2D eigenvalue weighted by Gasteiger charge is -2.26. The third kappa shape index (κ3) is 2.89. The quantitative estimate of drug-likeness (QED) is 0.743. The summed E-state index contributed by atoms with van der Waals surface area (Å²) in [7, 11) is 0. The van der Waals surface area contributed by atoms with Crippen molar-refractivity contribution in [1.29, 1.82) is 0 Å². The lowest BCUT2D eigenvalue weighted by Crippen LogP contribution is -2.32. The molecule has 1 saturated carbocycles. The average molecular weight is 384 g/mol. The largest absolute Gasteiger partial charge is 0.493 e. The smallest absolute Gasteiger partial charge is 0.280 e. The van der Waals surface area contributed by atoms with E-state index in [4.69, 9.17) is 4.74 Å². The predicted molar refractivity (Wildman–Crippen MR) is 96.7 cm³/mol. The van der Waals surface area contributed by atoms with E-state index in [0.29, 0.717) is 18.7 Å².